The van der Waals surface area contributed by atoms with Crippen LogP contribution in [-0.2, 0) is 12.8 Å². The molecule has 2 rings (SSSR count). The summed E-state index contributed by atoms with van der Waals surface area (Å²) in [6.45, 7) is 0. The number of halogens is 2. The highest BCUT2D eigenvalue weighted by Crippen LogP contribution is 2.25. The molecular weight excluding hydrogens is 279 g/mol. The summed E-state index contributed by atoms with van der Waals surface area (Å²) in [7, 11) is 0. The maximum absolute atomic E-state index is 6.16. The minimum absolute atomic E-state index is 0.0468. The van der Waals surface area contributed by atoms with Crippen LogP contribution < -0.4 is 5.73 Å². The molecular formula is C15H16Cl2N2. The van der Waals surface area contributed by atoms with Crippen molar-refractivity contribution in [3.63, 3.8) is 0 Å². The Balaban J connectivity index is 1.93. The second kappa shape index (κ2) is 6.90. The molecule has 0 saturated heterocycles. The SMILES string of the molecule is NC(CCc1ccncc1)Cc1c(Cl)cccc1Cl. The van der Waals surface area contributed by atoms with Crippen LogP contribution in [0.25, 0.3) is 0 Å². The Labute approximate surface area is 123 Å². The van der Waals surface area contributed by atoms with Gasteiger partial charge < -0.3 is 5.73 Å². The molecule has 0 aliphatic heterocycles. The molecule has 1 aromatic carbocycles. The van der Waals surface area contributed by atoms with Crippen molar-refractivity contribution in [1.29, 1.82) is 0 Å². The van der Waals surface area contributed by atoms with Crippen LogP contribution >= 0.6 is 23.2 Å². The van der Waals surface area contributed by atoms with Gasteiger partial charge >= 0.3 is 0 Å². The van der Waals surface area contributed by atoms with Gasteiger partial charge in [0.2, 0.25) is 0 Å². The number of rotatable bonds is 5. The lowest BCUT2D eigenvalue weighted by Crippen LogP contribution is -2.23. The second-order valence-corrected chi connectivity index (χ2v) is 5.37. The summed E-state index contributed by atoms with van der Waals surface area (Å²) in [5.41, 5.74) is 8.34. The predicted molar refractivity (Wildman–Crippen MR) is 80.7 cm³/mol. The van der Waals surface area contributed by atoms with Crippen molar-refractivity contribution in [3.8, 4) is 0 Å². The Bertz CT molecular complexity index is 509. The fourth-order valence-corrected chi connectivity index (χ4v) is 2.54. The number of nitrogens with zero attached hydrogens (tertiary/aromatic N) is 1. The van der Waals surface area contributed by atoms with Crippen molar-refractivity contribution in [3.05, 3.63) is 63.9 Å². The lowest BCUT2D eigenvalue weighted by molar-refractivity contribution is 0.610. The molecule has 1 heterocycles. The molecule has 1 atom stereocenters. The van der Waals surface area contributed by atoms with Crippen molar-refractivity contribution < 1.29 is 0 Å². The van der Waals surface area contributed by atoms with Gasteiger partial charge in [0.25, 0.3) is 0 Å². The Morgan fingerprint density at radius 1 is 1.05 bits per heavy atom. The lowest BCUT2D eigenvalue weighted by atomic mass is 10.00. The third-order valence-electron chi connectivity index (χ3n) is 3.08. The Morgan fingerprint density at radius 3 is 2.32 bits per heavy atom. The van der Waals surface area contributed by atoms with E-state index in [1.807, 2.05) is 30.3 Å². The third kappa shape index (κ3) is 4.20. The van der Waals surface area contributed by atoms with Gasteiger partial charge in [0, 0.05) is 28.5 Å². The average molecular weight is 295 g/mol. The van der Waals surface area contributed by atoms with Crippen LogP contribution in [0.1, 0.15) is 17.5 Å². The number of benzene rings is 1. The lowest BCUT2D eigenvalue weighted by Gasteiger charge is -2.14. The fourth-order valence-electron chi connectivity index (χ4n) is 1.99. The quantitative estimate of drug-likeness (QED) is 0.908. The monoisotopic (exact) mass is 294 g/mol. The minimum Gasteiger partial charge on any atom is -0.327 e. The van der Waals surface area contributed by atoms with Crippen molar-refractivity contribution >= 4 is 23.2 Å². The van der Waals surface area contributed by atoms with E-state index in [4.69, 9.17) is 28.9 Å². The summed E-state index contributed by atoms with van der Waals surface area (Å²) < 4.78 is 0. The highest BCUT2D eigenvalue weighted by atomic mass is 35.5. The zero-order chi connectivity index (χ0) is 13.7. The summed E-state index contributed by atoms with van der Waals surface area (Å²) >= 11 is 12.3. The van der Waals surface area contributed by atoms with Crippen LogP contribution in [0.4, 0.5) is 0 Å². The van der Waals surface area contributed by atoms with Gasteiger partial charge in [-0.25, -0.2) is 0 Å². The van der Waals surface area contributed by atoms with E-state index >= 15 is 0 Å². The van der Waals surface area contributed by atoms with Gasteiger partial charge in [-0.1, -0.05) is 29.3 Å². The highest BCUT2D eigenvalue weighted by molar-refractivity contribution is 6.35. The van der Waals surface area contributed by atoms with Crippen LogP contribution in [0, 0.1) is 0 Å². The Kier molecular flexibility index (Phi) is 5.20. The van der Waals surface area contributed by atoms with Crippen LogP contribution in [0.2, 0.25) is 10.0 Å². The average Bonchev–Trinajstić information content (AvgIpc) is 2.42. The van der Waals surface area contributed by atoms with E-state index in [0.717, 1.165) is 18.4 Å². The van der Waals surface area contributed by atoms with Gasteiger partial charge in [-0.15, -0.1) is 0 Å². The molecule has 0 aliphatic rings. The molecule has 2 nitrogen and oxygen atoms in total. The molecule has 1 unspecified atom stereocenters. The first-order chi connectivity index (χ1) is 9.16. The molecule has 0 bridgehead atoms. The first kappa shape index (κ1) is 14.3. The highest BCUT2D eigenvalue weighted by Gasteiger charge is 2.10. The second-order valence-electron chi connectivity index (χ2n) is 4.56. The van der Waals surface area contributed by atoms with Crippen LogP contribution in [-0.4, -0.2) is 11.0 Å². The van der Waals surface area contributed by atoms with E-state index in [2.05, 4.69) is 4.98 Å². The topological polar surface area (TPSA) is 38.9 Å². The van der Waals surface area contributed by atoms with Crippen molar-refractivity contribution in [2.75, 3.05) is 0 Å². The number of aromatic nitrogens is 1. The van der Waals surface area contributed by atoms with Crippen molar-refractivity contribution in [2.45, 2.75) is 25.3 Å². The number of hydrogen-bond acceptors (Lipinski definition) is 2. The molecule has 0 spiro atoms. The molecule has 100 valence electrons. The molecule has 2 N–H and O–H groups in total. The predicted octanol–water partition coefficient (Wildman–Crippen LogP) is 3.89. The standard InChI is InChI=1S/C15H16Cl2N2/c16-14-2-1-3-15(17)13(14)10-12(18)5-4-11-6-8-19-9-7-11/h1-3,6-9,12H,4-5,10,18H2. The van der Waals surface area contributed by atoms with Gasteiger partial charge in [0.1, 0.15) is 0 Å². The van der Waals surface area contributed by atoms with Crippen LogP contribution in [0.15, 0.2) is 42.7 Å². The van der Waals surface area contributed by atoms with E-state index in [1.54, 1.807) is 12.4 Å². The zero-order valence-electron chi connectivity index (χ0n) is 10.5. The number of hydrogen-bond donors (Lipinski definition) is 1. The summed E-state index contributed by atoms with van der Waals surface area (Å²) in [4.78, 5) is 4.00. The molecule has 0 amide bonds. The van der Waals surface area contributed by atoms with E-state index in [9.17, 15) is 0 Å². The summed E-state index contributed by atoms with van der Waals surface area (Å²) in [6.07, 6.45) is 6.12. The van der Waals surface area contributed by atoms with E-state index in [-0.39, 0.29) is 6.04 Å². The van der Waals surface area contributed by atoms with Gasteiger partial charge in [0.15, 0.2) is 0 Å². The Hall–Kier alpha value is -1.09. The molecule has 0 aliphatic carbocycles. The summed E-state index contributed by atoms with van der Waals surface area (Å²) in [5.74, 6) is 0. The Morgan fingerprint density at radius 2 is 1.68 bits per heavy atom. The van der Waals surface area contributed by atoms with E-state index in [1.165, 1.54) is 5.56 Å². The summed E-state index contributed by atoms with van der Waals surface area (Å²) in [5, 5.41) is 1.37. The molecule has 1 aromatic heterocycles. The normalized spacial score (nSPS) is 12.4. The molecule has 0 fully saturated rings. The number of nitrogens with two attached hydrogens (primary N) is 1. The first-order valence-electron chi connectivity index (χ1n) is 6.24. The van der Waals surface area contributed by atoms with Gasteiger partial charge in [-0.3, -0.25) is 4.98 Å². The van der Waals surface area contributed by atoms with Gasteiger partial charge in [-0.2, -0.15) is 0 Å². The first-order valence-corrected chi connectivity index (χ1v) is 7.00. The minimum atomic E-state index is 0.0468. The van der Waals surface area contributed by atoms with Crippen molar-refractivity contribution in [2.24, 2.45) is 5.73 Å². The number of aryl methyl sites for hydroxylation is 1. The molecule has 4 heteroatoms. The molecule has 2 aromatic rings. The molecule has 19 heavy (non-hydrogen) atoms. The molecule has 0 radical (unpaired) electrons. The zero-order valence-corrected chi connectivity index (χ0v) is 12.0. The van der Waals surface area contributed by atoms with Crippen LogP contribution in [0.5, 0.6) is 0 Å². The maximum atomic E-state index is 6.16. The fraction of sp³-hybridized carbons (Fsp3) is 0.267. The molecule has 0 saturated carbocycles. The number of pyridine rings is 1. The van der Waals surface area contributed by atoms with E-state index in [0.29, 0.717) is 16.5 Å². The van der Waals surface area contributed by atoms with Gasteiger partial charge in [0.05, 0.1) is 0 Å². The van der Waals surface area contributed by atoms with Crippen molar-refractivity contribution in [1.82, 2.24) is 4.98 Å². The van der Waals surface area contributed by atoms with Gasteiger partial charge in [-0.05, 0) is 54.7 Å². The third-order valence-corrected chi connectivity index (χ3v) is 3.79. The maximum Gasteiger partial charge on any atom is 0.0453 e. The largest absolute Gasteiger partial charge is 0.327 e. The summed E-state index contributed by atoms with van der Waals surface area (Å²) in [6, 6.07) is 9.60. The van der Waals surface area contributed by atoms with Crippen LogP contribution in [0.3, 0.4) is 0 Å². The smallest absolute Gasteiger partial charge is 0.0453 e. The van der Waals surface area contributed by atoms with E-state index < -0.39 is 0 Å².